The molecule has 15 heavy (non-hydrogen) atoms. The smallest absolute Gasteiger partial charge is 0.347 e. The highest BCUT2D eigenvalue weighted by atomic mass is 16.5. The second-order valence-electron chi connectivity index (χ2n) is 3.52. The molecule has 0 aliphatic rings. The molecule has 4 heteroatoms. The number of nitrogens with zero attached hydrogens (tertiary/aromatic N) is 1. The minimum Gasteiger partial charge on any atom is -0.478 e. The summed E-state index contributed by atoms with van der Waals surface area (Å²) in [6.45, 7) is 9.69. The maximum Gasteiger partial charge on any atom is 0.347 e. The van der Waals surface area contributed by atoms with E-state index in [2.05, 4.69) is 4.85 Å². The Hall–Kier alpha value is -2.02. The lowest BCUT2D eigenvalue weighted by atomic mass is 10.1. The molecule has 4 nitrogen and oxygen atoms in total. The Balaban J connectivity index is 2.83. The number of hydrogen-bond acceptors (Lipinski definition) is 2. The van der Waals surface area contributed by atoms with Crippen LogP contribution in [0.2, 0.25) is 0 Å². The summed E-state index contributed by atoms with van der Waals surface area (Å²) >= 11 is 0. The van der Waals surface area contributed by atoms with Crippen molar-refractivity contribution in [3.8, 4) is 5.75 Å². The van der Waals surface area contributed by atoms with Gasteiger partial charge in [-0.1, -0.05) is 12.1 Å². The summed E-state index contributed by atoms with van der Waals surface area (Å²) < 4.78 is 5.26. The molecule has 0 atom stereocenters. The molecule has 0 aliphatic carbocycles. The van der Waals surface area contributed by atoms with Crippen molar-refractivity contribution in [3.63, 3.8) is 0 Å². The van der Waals surface area contributed by atoms with E-state index in [0.29, 0.717) is 11.4 Å². The maximum absolute atomic E-state index is 10.8. The quantitative estimate of drug-likeness (QED) is 0.771. The van der Waals surface area contributed by atoms with E-state index in [1.165, 1.54) is 13.8 Å². The number of aliphatic carboxylic acids is 1. The third kappa shape index (κ3) is 2.71. The molecule has 1 aromatic carbocycles. The van der Waals surface area contributed by atoms with E-state index in [0.717, 1.165) is 0 Å². The van der Waals surface area contributed by atoms with Gasteiger partial charge in [-0.25, -0.2) is 9.64 Å². The number of carbonyl (C=O) groups is 1. The van der Waals surface area contributed by atoms with Crippen molar-refractivity contribution >= 4 is 11.7 Å². The first kappa shape index (κ1) is 11.1. The van der Waals surface area contributed by atoms with E-state index in [1.807, 2.05) is 0 Å². The first-order chi connectivity index (χ1) is 6.95. The van der Waals surface area contributed by atoms with Crippen LogP contribution in [0.15, 0.2) is 24.3 Å². The van der Waals surface area contributed by atoms with Crippen LogP contribution in [-0.2, 0) is 4.79 Å². The van der Waals surface area contributed by atoms with Gasteiger partial charge >= 0.3 is 5.97 Å². The molecule has 0 amide bonds. The molecule has 1 N–H and O–H groups in total. The third-order valence-corrected chi connectivity index (χ3v) is 1.85. The van der Waals surface area contributed by atoms with Crippen LogP contribution in [0.5, 0.6) is 5.75 Å². The summed E-state index contributed by atoms with van der Waals surface area (Å²) in [6.07, 6.45) is 0. The fraction of sp³-hybridized carbons (Fsp3) is 0.273. The summed E-state index contributed by atoms with van der Waals surface area (Å²) in [4.78, 5) is 14.0. The van der Waals surface area contributed by atoms with E-state index >= 15 is 0 Å². The van der Waals surface area contributed by atoms with Gasteiger partial charge in [0, 0.05) is 0 Å². The van der Waals surface area contributed by atoms with Crippen molar-refractivity contribution in [2.24, 2.45) is 0 Å². The first-order valence-corrected chi connectivity index (χ1v) is 4.35. The number of carboxylic acids is 1. The Morgan fingerprint density at radius 2 is 1.93 bits per heavy atom. The van der Waals surface area contributed by atoms with Crippen LogP contribution in [0.3, 0.4) is 0 Å². The van der Waals surface area contributed by atoms with E-state index in [9.17, 15) is 4.79 Å². The lowest BCUT2D eigenvalue weighted by molar-refractivity contribution is -0.152. The fourth-order valence-electron chi connectivity index (χ4n) is 0.927. The van der Waals surface area contributed by atoms with Gasteiger partial charge in [0.15, 0.2) is 11.3 Å². The lowest BCUT2D eigenvalue weighted by Crippen LogP contribution is -2.37. The van der Waals surface area contributed by atoms with Gasteiger partial charge in [-0.05, 0) is 26.0 Å². The molecule has 0 fully saturated rings. The summed E-state index contributed by atoms with van der Waals surface area (Å²) in [7, 11) is 0. The van der Waals surface area contributed by atoms with Gasteiger partial charge in [0.25, 0.3) is 0 Å². The highest BCUT2D eigenvalue weighted by molar-refractivity contribution is 5.76. The van der Waals surface area contributed by atoms with Crippen LogP contribution >= 0.6 is 0 Å². The predicted octanol–water partition coefficient (Wildman–Crippen LogP) is 2.48. The van der Waals surface area contributed by atoms with Crippen molar-refractivity contribution in [2.45, 2.75) is 19.4 Å². The monoisotopic (exact) mass is 205 g/mol. The summed E-state index contributed by atoms with van der Waals surface area (Å²) in [5.41, 5.74) is -0.768. The molecule has 1 rings (SSSR count). The minimum atomic E-state index is -1.26. The second kappa shape index (κ2) is 4.01. The standard InChI is InChI=1S/C11H11NO3/c1-11(2,10(13)14)15-9-6-4-8(12-3)5-7-9/h4-7H,1-2H3,(H,13,14). The van der Waals surface area contributed by atoms with Crippen LogP contribution in [0.1, 0.15) is 13.8 Å². The molecule has 0 aromatic heterocycles. The van der Waals surface area contributed by atoms with Crippen molar-refractivity contribution in [3.05, 3.63) is 35.7 Å². The molecular weight excluding hydrogens is 194 g/mol. The molecule has 0 bridgehead atoms. The summed E-state index contributed by atoms with van der Waals surface area (Å²) in [5, 5.41) is 8.83. The van der Waals surface area contributed by atoms with Gasteiger partial charge in [0.1, 0.15) is 5.75 Å². The molecular formula is C11H11NO3. The molecule has 78 valence electrons. The highest BCUT2D eigenvalue weighted by Crippen LogP contribution is 2.22. The normalized spacial score (nSPS) is 10.5. The van der Waals surface area contributed by atoms with Crippen molar-refractivity contribution < 1.29 is 14.6 Å². The Labute approximate surface area is 87.9 Å². The molecule has 0 spiro atoms. The average Bonchev–Trinajstić information content (AvgIpc) is 2.18. The molecule has 0 saturated carbocycles. The van der Waals surface area contributed by atoms with Crippen molar-refractivity contribution in [1.82, 2.24) is 0 Å². The number of hydrogen-bond donors (Lipinski definition) is 1. The molecule has 0 saturated heterocycles. The zero-order valence-electron chi connectivity index (χ0n) is 8.52. The fourth-order valence-corrected chi connectivity index (χ4v) is 0.927. The summed E-state index contributed by atoms with van der Waals surface area (Å²) in [5.74, 6) is -0.591. The van der Waals surface area contributed by atoms with Crippen LogP contribution in [0.25, 0.3) is 4.85 Å². The number of benzene rings is 1. The number of ether oxygens (including phenoxy) is 1. The largest absolute Gasteiger partial charge is 0.478 e. The molecule has 1 aromatic rings. The minimum absolute atomic E-state index is 0.440. The highest BCUT2D eigenvalue weighted by Gasteiger charge is 2.29. The van der Waals surface area contributed by atoms with Gasteiger partial charge in [-0.15, -0.1) is 0 Å². The summed E-state index contributed by atoms with van der Waals surface area (Å²) in [6, 6.07) is 6.33. The van der Waals surface area contributed by atoms with Gasteiger partial charge in [0.2, 0.25) is 0 Å². The van der Waals surface area contributed by atoms with Crippen molar-refractivity contribution in [2.75, 3.05) is 0 Å². The average molecular weight is 205 g/mol. The second-order valence-corrected chi connectivity index (χ2v) is 3.52. The molecule has 0 heterocycles. The first-order valence-electron chi connectivity index (χ1n) is 4.35. The van der Waals surface area contributed by atoms with Gasteiger partial charge in [-0.3, -0.25) is 0 Å². The van der Waals surface area contributed by atoms with Crippen LogP contribution in [-0.4, -0.2) is 16.7 Å². The zero-order valence-corrected chi connectivity index (χ0v) is 8.52. The van der Waals surface area contributed by atoms with Gasteiger partial charge < -0.3 is 9.84 Å². The topological polar surface area (TPSA) is 50.9 Å². The van der Waals surface area contributed by atoms with E-state index in [4.69, 9.17) is 16.4 Å². The predicted molar refractivity (Wildman–Crippen MR) is 55.0 cm³/mol. The zero-order chi connectivity index (χ0) is 11.5. The SMILES string of the molecule is [C-]#[N+]c1ccc(OC(C)(C)C(=O)O)cc1. The van der Waals surface area contributed by atoms with E-state index in [1.54, 1.807) is 24.3 Å². The Bertz CT molecular complexity index is 401. The van der Waals surface area contributed by atoms with Crippen LogP contribution in [0, 0.1) is 6.57 Å². The number of carboxylic acid groups (broad SMARTS) is 1. The Kier molecular flexibility index (Phi) is 2.96. The Morgan fingerprint density at radius 1 is 1.40 bits per heavy atom. The van der Waals surface area contributed by atoms with Crippen LogP contribution < -0.4 is 4.74 Å². The molecule has 0 aliphatic heterocycles. The molecule has 0 unspecified atom stereocenters. The van der Waals surface area contributed by atoms with Crippen LogP contribution in [0.4, 0.5) is 5.69 Å². The third-order valence-electron chi connectivity index (χ3n) is 1.85. The van der Waals surface area contributed by atoms with E-state index in [-0.39, 0.29) is 0 Å². The Morgan fingerprint density at radius 3 is 2.33 bits per heavy atom. The van der Waals surface area contributed by atoms with E-state index < -0.39 is 11.6 Å². The molecule has 0 radical (unpaired) electrons. The number of rotatable bonds is 3. The van der Waals surface area contributed by atoms with Crippen molar-refractivity contribution in [1.29, 1.82) is 0 Å². The van der Waals surface area contributed by atoms with Gasteiger partial charge in [-0.2, -0.15) is 0 Å². The lowest BCUT2D eigenvalue weighted by Gasteiger charge is -2.21. The van der Waals surface area contributed by atoms with Gasteiger partial charge in [0.05, 0.1) is 6.57 Å². The maximum atomic E-state index is 10.8.